The lowest BCUT2D eigenvalue weighted by Gasteiger charge is -2.06. The number of nitrogens with zero attached hydrogens (tertiary/aromatic N) is 4. The van der Waals surface area contributed by atoms with Gasteiger partial charge in [-0.1, -0.05) is 36.9 Å². The highest BCUT2D eigenvalue weighted by Crippen LogP contribution is 2.16. The zero-order valence-electron chi connectivity index (χ0n) is 15.7. The van der Waals surface area contributed by atoms with Crippen LogP contribution in [-0.2, 0) is 24.5 Å². The molecule has 1 aromatic carbocycles. The predicted molar refractivity (Wildman–Crippen MR) is 103 cm³/mol. The van der Waals surface area contributed by atoms with Crippen LogP contribution in [0.25, 0.3) is 11.9 Å². The number of pyridine rings is 1. The summed E-state index contributed by atoms with van der Waals surface area (Å²) in [6.45, 7) is 5.90. The van der Waals surface area contributed by atoms with E-state index in [4.69, 9.17) is 9.84 Å². The number of rotatable bonds is 8. The second-order valence-corrected chi connectivity index (χ2v) is 6.07. The standard InChI is InChI=1S/C20H19FN4O4/c1-3-16-14(19(26)27)10-15(21)18(22-16)25-20(28)24(4-2)17(23-25)12-29-11-13-8-6-5-7-9-13/h3,5-10H,1,4,11-12H2,2H3,(H,26,27). The molecular weight excluding hydrogens is 379 g/mol. The Morgan fingerprint density at radius 3 is 2.66 bits per heavy atom. The van der Waals surface area contributed by atoms with Crippen molar-refractivity contribution in [1.82, 2.24) is 19.3 Å². The normalized spacial score (nSPS) is 10.8. The molecule has 1 N–H and O–H groups in total. The Bertz CT molecular complexity index is 1110. The molecule has 2 aromatic heterocycles. The van der Waals surface area contributed by atoms with Crippen molar-refractivity contribution >= 4 is 12.0 Å². The first kappa shape index (κ1) is 20.2. The maximum atomic E-state index is 14.5. The van der Waals surface area contributed by atoms with E-state index in [-0.39, 0.29) is 17.9 Å². The van der Waals surface area contributed by atoms with Crippen LogP contribution in [0.3, 0.4) is 0 Å². The van der Waals surface area contributed by atoms with Crippen molar-refractivity contribution in [3.05, 3.63) is 81.9 Å². The van der Waals surface area contributed by atoms with E-state index in [0.29, 0.717) is 19.0 Å². The number of aromatic carboxylic acids is 1. The highest BCUT2D eigenvalue weighted by atomic mass is 19.1. The average molecular weight is 398 g/mol. The Hall–Kier alpha value is -3.59. The Morgan fingerprint density at radius 1 is 1.31 bits per heavy atom. The Kier molecular flexibility index (Phi) is 5.99. The van der Waals surface area contributed by atoms with E-state index in [9.17, 15) is 14.0 Å². The molecule has 3 rings (SSSR count). The van der Waals surface area contributed by atoms with E-state index in [1.807, 2.05) is 30.3 Å². The van der Waals surface area contributed by atoms with Crippen LogP contribution in [0.5, 0.6) is 0 Å². The van der Waals surface area contributed by atoms with Crippen LogP contribution in [-0.4, -0.2) is 30.4 Å². The summed E-state index contributed by atoms with van der Waals surface area (Å²) in [4.78, 5) is 27.8. The number of hydrogen-bond donors (Lipinski definition) is 1. The largest absolute Gasteiger partial charge is 0.478 e. The van der Waals surface area contributed by atoms with E-state index >= 15 is 0 Å². The van der Waals surface area contributed by atoms with Crippen LogP contribution in [0.15, 0.2) is 47.8 Å². The summed E-state index contributed by atoms with van der Waals surface area (Å²) >= 11 is 0. The lowest BCUT2D eigenvalue weighted by Crippen LogP contribution is -2.25. The number of halogens is 1. The van der Waals surface area contributed by atoms with E-state index < -0.39 is 23.3 Å². The van der Waals surface area contributed by atoms with Crippen molar-refractivity contribution in [3.8, 4) is 5.82 Å². The molecule has 0 atom stereocenters. The minimum atomic E-state index is -1.35. The first-order chi connectivity index (χ1) is 14.0. The van der Waals surface area contributed by atoms with E-state index in [2.05, 4.69) is 16.7 Å². The molecule has 150 valence electrons. The molecule has 0 aliphatic heterocycles. The summed E-state index contributed by atoms with van der Waals surface area (Å²) in [6.07, 6.45) is 1.18. The third kappa shape index (κ3) is 4.14. The molecule has 9 heteroatoms. The minimum Gasteiger partial charge on any atom is -0.478 e. The number of aromatic nitrogens is 4. The van der Waals surface area contributed by atoms with Crippen LogP contribution in [0.2, 0.25) is 0 Å². The Labute approximate surface area is 165 Å². The molecule has 2 heterocycles. The second kappa shape index (κ2) is 8.61. The molecule has 0 amide bonds. The maximum absolute atomic E-state index is 14.5. The van der Waals surface area contributed by atoms with Gasteiger partial charge in [-0.25, -0.2) is 19.0 Å². The summed E-state index contributed by atoms with van der Waals surface area (Å²) in [5.41, 5.74) is -0.0513. The van der Waals surface area contributed by atoms with Gasteiger partial charge < -0.3 is 9.84 Å². The van der Waals surface area contributed by atoms with Crippen LogP contribution in [0.4, 0.5) is 4.39 Å². The zero-order chi connectivity index (χ0) is 21.0. The van der Waals surface area contributed by atoms with Gasteiger partial charge in [-0.05, 0) is 24.6 Å². The van der Waals surface area contributed by atoms with Crippen LogP contribution < -0.4 is 5.69 Å². The molecule has 0 aliphatic rings. The fourth-order valence-electron chi connectivity index (χ4n) is 2.80. The van der Waals surface area contributed by atoms with Gasteiger partial charge in [0.25, 0.3) is 0 Å². The number of carboxylic acids is 1. The molecule has 0 saturated carbocycles. The van der Waals surface area contributed by atoms with Gasteiger partial charge in [0.15, 0.2) is 17.5 Å². The van der Waals surface area contributed by atoms with Crippen LogP contribution in [0.1, 0.15) is 34.4 Å². The van der Waals surface area contributed by atoms with Gasteiger partial charge >= 0.3 is 11.7 Å². The van der Waals surface area contributed by atoms with E-state index in [0.717, 1.165) is 16.3 Å². The first-order valence-electron chi connectivity index (χ1n) is 8.83. The van der Waals surface area contributed by atoms with Crippen molar-refractivity contribution in [1.29, 1.82) is 0 Å². The van der Waals surface area contributed by atoms with Gasteiger partial charge in [0.1, 0.15) is 6.61 Å². The molecule has 8 nitrogen and oxygen atoms in total. The fraction of sp³-hybridized carbons (Fsp3) is 0.200. The molecular formula is C20H19FN4O4. The average Bonchev–Trinajstić information content (AvgIpc) is 3.03. The van der Waals surface area contributed by atoms with Gasteiger partial charge in [0, 0.05) is 6.54 Å². The molecule has 0 unspecified atom stereocenters. The van der Waals surface area contributed by atoms with Crippen molar-refractivity contribution in [3.63, 3.8) is 0 Å². The smallest absolute Gasteiger partial charge is 0.352 e. The topological polar surface area (TPSA) is 99.2 Å². The van der Waals surface area contributed by atoms with Crippen molar-refractivity contribution in [2.24, 2.45) is 0 Å². The number of ether oxygens (including phenoxy) is 1. The van der Waals surface area contributed by atoms with Crippen LogP contribution >= 0.6 is 0 Å². The minimum absolute atomic E-state index is 0.0358. The summed E-state index contributed by atoms with van der Waals surface area (Å²) in [5.74, 6) is -2.42. The fourth-order valence-corrected chi connectivity index (χ4v) is 2.80. The highest BCUT2D eigenvalue weighted by molar-refractivity contribution is 5.91. The van der Waals surface area contributed by atoms with Crippen molar-refractivity contribution < 1.29 is 19.0 Å². The third-order valence-electron chi connectivity index (χ3n) is 4.21. The monoisotopic (exact) mass is 398 g/mol. The zero-order valence-corrected chi connectivity index (χ0v) is 15.7. The quantitative estimate of drug-likeness (QED) is 0.626. The van der Waals surface area contributed by atoms with Crippen LogP contribution in [0, 0.1) is 5.82 Å². The molecule has 0 bridgehead atoms. The number of carboxylic acid groups (broad SMARTS) is 1. The summed E-state index contributed by atoms with van der Waals surface area (Å²) in [6, 6.07) is 10.3. The molecule has 0 saturated heterocycles. The molecule has 0 aliphatic carbocycles. The van der Waals surface area contributed by atoms with Gasteiger partial charge in [-0.3, -0.25) is 4.57 Å². The number of hydrogen-bond acceptors (Lipinski definition) is 5. The SMILES string of the molecule is C=Cc1nc(-n2nc(COCc3ccccc3)n(CC)c2=O)c(F)cc1C(=O)O. The van der Waals surface area contributed by atoms with Gasteiger partial charge in [0.2, 0.25) is 0 Å². The summed E-state index contributed by atoms with van der Waals surface area (Å²) < 4.78 is 22.3. The molecule has 29 heavy (non-hydrogen) atoms. The van der Waals surface area contributed by atoms with Crippen molar-refractivity contribution in [2.45, 2.75) is 26.7 Å². The molecule has 0 radical (unpaired) electrons. The Morgan fingerprint density at radius 2 is 2.03 bits per heavy atom. The third-order valence-corrected chi connectivity index (χ3v) is 4.21. The number of benzene rings is 1. The van der Waals surface area contributed by atoms with Gasteiger partial charge in [-0.15, -0.1) is 5.10 Å². The summed E-state index contributed by atoms with van der Waals surface area (Å²) in [7, 11) is 0. The molecule has 0 fully saturated rings. The lowest BCUT2D eigenvalue weighted by atomic mass is 10.2. The highest BCUT2D eigenvalue weighted by Gasteiger charge is 2.21. The second-order valence-electron chi connectivity index (χ2n) is 6.07. The van der Waals surface area contributed by atoms with E-state index in [1.165, 1.54) is 10.6 Å². The lowest BCUT2D eigenvalue weighted by molar-refractivity contribution is 0.0695. The summed E-state index contributed by atoms with van der Waals surface area (Å²) in [5, 5.41) is 13.3. The van der Waals surface area contributed by atoms with Gasteiger partial charge in [0.05, 0.1) is 17.9 Å². The number of carbonyl (C=O) groups is 1. The van der Waals surface area contributed by atoms with Crippen molar-refractivity contribution in [2.75, 3.05) is 0 Å². The van der Waals surface area contributed by atoms with E-state index in [1.54, 1.807) is 6.92 Å². The molecule has 0 spiro atoms. The molecule has 3 aromatic rings. The van der Waals surface area contributed by atoms with Gasteiger partial charge in [-0.2, -0.15) is 4.68 Å². The first-order valence-corrected chi connectivity index (χ1v) is 8.83. The maximum Gasteiger partial charge on any atom is 0.352 e. The predicted octanol–water partition coefficient (Wildman–Crippen LogP) is 2.65. The Balaban J connectivity index is 1.94.